The summed E-state index contributed by atoms with van der Waals surface area (Å²) >= 11 is 0. The van der Waals surface area contributed by atoms with E-state index in [-0.39, 0.29) is 17.7 Å². The summed E-state index contributed by atoms with van der Waals surface area (Å²) in [6.45, 7) is 3.55. The Morgan fingerprint density at radius 1 is 0.914 bits per heavy atom. The van der Waals surface area contributed by atoms with Gasteiger partial charge in [-0.3, -0.25) is 14.4 Å². The Hall–Kier alpha value is -3.93. The number of hydrogen-bond donors (Lipinski definition) is 1. The van der Waals surface area contributed by atoms with Crippen molar-refractivity contribution in [2.24, 2.45) is 0 Å². The van der Waals surface area contributed by atoms with Crippen LogP contribution in [-0.2, 0) is 24.3 Å². The van der Waals surface area contributed by atoms with Gasteiger partial charge in [0.15, 0.2) is 0 Å². The molecule has 6 heteroatoms. The second-order valence-electron chi connectivity index (χ2n) is 9.15. The molecule has 0 saturated carbocycles. The first kappa shape index (κ1) is 22.8. The van der Waals surface area contributed by atoms with Crippen LogP contribution in [0.3, 0.4) is 0 Å². The average Bonchev–Trinajstić information content (AvgIpc) is 3.38. The summed E-state index contributed by atoms with van der Waals surface area (Å²) in [5.41, 5.74) is 5.01. The van der Waals surface area contributed by atoms with Crippen LogP contribution in [0, 0.1) is 0 Å². The highest BCUT2D eigenvalue weighted by molar-refractivity contribution is 6.11. The molecule has 5 rings (SSSR count). The summed E-state index contributed by atoms with van der Waals surface area (Å²) in [6.07, 6.45) is 2.52. The molecule has 35 heavy (non-hydrogen) atoms. The molecule has 3 amide bonds. The average molecular weight is 468 g/mol. The van der Waals surface area contributed by atoms with Crippen molar-refractivity contribution in [3.63, 3.8) is 0 Å². The van der Waals surface area contributed by atoms with Gasteiger partial charge in [0.1, 0.15) is 6.04 Å². The third-order valence-corrected chi connectivity index (χ3v) is 6.93. The van der Waals surface area contributed by atoms with Gasteiger partial charge in [-0.25, -0.2) is 0 Å². The van der Waals surface area contributed by atoms with Crippen molar-refractivity contribution in [3.05, 3.63) is 101 Å². The van der Waals surface area contributed by atoms with E-state index >= 15 is 0 Å². The molecule has 0 bridgehead atoms. The molecule has 178 valence electrons. The van der Waals surface area contributed by atoms with Gasteiger partial charge in [0.05, 0.1) is 17.8 Å². The van der Waals surface area contributed by atoms with Gasteiger partial charge in [-0.1, -0.05) is 55.5 Å². The molecule has 2 aliphatic heterocycles. The van der Waals surface area contributed by atoms with E-state index in [4.69, 9.17) is 0 Å². The molecule has 0 aromatic heterocycles. The first-order valence-corrected chi connectivity index (χ1v) is 12.2. The molecule has 0 radical (unpaired) electrons. The van der Waals surface area contributed by atoms with Crippen molar-refractivity contribution in [2.75, 3.05) is 11.4 Å². The van der Waals surface area contributed by atoms with Crippen LogP contribution in [0.1, 0.15) is 57.2 Å². The lowest BCUT2D eigenvalue weighted by atomic mass is 10.1. The fourth-order valence-electron chi connectivity index (χ4n) is 4.89. The Bertz CT molecular complexity index is 1250. The molecule has 1 fully saturated rings. The number of benzene rings is 3. The lowest BCUT2D eigenvalue weighted by molar-refractivity contribution is -0.122. The van der Waals surface area contributed by atoms with Crippen LogP contribution in [0.4, 0.5) is 5.69 Å². The van der Waals surface area contributed by atoms with Crippen molar-refractivity contribution in [1.82, 2.24) is 10.2 Å². The van der Waals surface area contributed by atoms with Gasteiger partial charge in [0, 0.05) is 18.7 Å². The summed E-state index contributed by atoms with van der Waals surface area (Å²) in [5, 5.41) is 2.97. The monoisotopic (exact) mass is 467 g/mol. The molecule has 1 saturated heterocycles. The lowest BCUT2D eigenvalue weighted by Gasteiger charge is -2.26. The summed E-state index contributed by atoms with van der Waals surface area (Å²) < 4.78 is 0. The third kappa shape index (κ3) is 4.56. The molecule has 2 heterocycles. The van der Waals surface area contributed by atoms with Crippen LogP contribution in [0.15, 0.2) is 72.8 Å². The zero-order chi connectivity index (χ0) is 24.4. The molecule has 0 aliphatic carbocycles. The van der Waals surface area contributed by atoms with Gasteiger partial charge < -0.3 is 15.1 Å². The quantitative estimate of drug-likeness (QED) is 0.587. The Labute approximate surface area is 205 Å². The van der Waals surface area contributed by atoms with E-state index in [1.54, 1.807) is 28.0 Å². The molecule has 0 spiro atoms. The first-order valence-electron chi connectivity index (χ1n) is 12.2. The zero-order valence-electron chi connectivity index (χ0n) is 19.9. The van der Waals surface area contributed by atoms with E-state index in [2.05, 4.69) is 24.4 Å². The lowest BCUT2D eigenvalue weighted by Crippen LogP contribution is -2.44. The van der Waals surface area contributed by atoms with Gasteiger partial charge in [0.2, 0.25) is 5.91 Å². The number of nitrogens with one attached hydrogen (secondary N) is 1. The van der Waals surface area contributed by atoms with Crippen LogP contribution in [0.2, 0.25) is 0 Å². The number of carbonyl (C=O) groups is 3. The van der Waals surface area contributed by atoms with Gasteiger partial charge >= 0.3 is 0 Å². The van der Waals surface area contributed by atoms with Gasteiger partial charge in [-0.2, -0.15) is 0 Å². The zero-order valence-corrected chi connectivity index (χ0v) is 19.9. The van der Waals surface area contributed by atoms with E-state index in [1.807, 2.05) is 42.5 Å². The molecule has 0 unspecified atom stereocenters. The Morgan fingerprint density at radius 3 is 2.34 bits per heavy atom. The predicted octanol–water partition coefficient (Wildman–Crippen LogP) is 4.33. The van der Waals surface area contributed by atoms with E-state index in [0.29, 0.717) is 42.9 Å². The van der Waals surface area contributed by atoms with Crippen LogP contribution in [0.25, 0.3) is 0 Å². The van der Waals surface area contributed by atoms with E-state index in [9.17, 15) is 14.4 Å². The Balaban J connectivity index is 1.30. The topological polar surface area (TPSA) is 69.7 Å². The maximum Gasteiger partial charge on any atom is 0.256 e. The Kier molecular flexibility index (Phi) is 6.36. The summed E-state index contributed by atoms with van der Waals surface area (Å²) in [5.74, 6) is -0.258. The number of aryl methyl sites for hydroxylation is 1. The standard InChI is InChI=1S/C29H29N3O3/c1-2-20-9-11-21(12-10-20)18-30-27(33)23-15-13-22(14-16-23)19-32-25-7-4-3-6-24(25)28(34)31-17-5-8-26(31)29(32)35/h3-4,6-7,9-16,26H,2,5,8,17-19H2,1H3,(H,30,33)/t26-/m0/s1. The third-order valence-electron chi connectivity index (χ3n) is 6.93. The highest BCUT2D eigenvalue weighted by Gasteiger charge is 2.41. The molecule has 1 atom stereocenters. The SMILES string of the molecule is CCc1ccc(CNC(=O)c2ccc(CN3C(=O)[C@@H]4CCCN4C(=O)c4ccccc43)cc2)cc1. The Morgan fingerprint density at radius 2 is 1.60 bits per heavy atom. The van der Waals surface area contributed by atoms with E-state index < -0.39 is 6.04 Å². The normalized spacial score (nSPS) is 17.1. The fraction of sp³-hybridized carbons (Fsp3) is 0.276. The smallest absolute Gasteiger partial charge is 0.256 e. The molecular weight excluding hydrogens is 438 g/mol. The molecule has 6 nitrogen and oxygen atoms in total. The second kappa shape index (κ2) is 9.74. The summed E-state index contributed by atoms with van der Waals surface area (Å²) in [7, 11) is 0. The predicted molar refractivity (Wildman–Crippen MR) is 135 cm³/mol. The van der Waals surface area contributed by atoms with Gasteiger partial charge in [-0.05, 0) is 60.2 Å². The van der Waals surface area contributed by atoms with Crippen molar-refractivity contribution >= 4 is 23.4 Å². The number of carbonyl (C=O) groups excluding carboxylic acids is 3. The molecule has 3 aromatic carbocycles. The highest BCUT2D eigenvalue weighted by atomic mass is 16.2. The summed E-state index contributed by atoms with van der Waals surface area (Å²) in [6, 6.07) is 22.5. The van der Waals surface area contributed by atoms with Crippen LogP contribution in [0.5, 0.6) is 0 Å². The van der Waals surface area contributed by atoms with Crippen molar-refractivity contribution < 1.29 is 14.4 Å². The minimum atomic E-state index is -0.411. The molecule has 1 N–H and O–H groups in total. The fourth-order valence-corrected chi connectivity index (χ4v) is 4.89. The maximum atomic E-state index is 13.4. The van der Waals surface area contributed by atoms with Crippen LogP contribution >= 0.6 is 0 Å². The van der Waals surface area contributed by atoms with Crippen molar-refractivity contribution in [1.29, 1.82) is 0 Å². The van der Waals surface area contributed by atoms with Gasteiger partial charge in [0.25, 0.3) is 11.8 Å². The number of rotatable bonds is 6. The van der Waals surface area contributed by atoms with E-state index in [0.717, 1.165) is 24.0 Å². The number of nitrogens with zero attached hydrogens (tertiary/aromatic N) is 2. The minimum Gasteiger partial charge on any atom is -0.348 e. The second-order valence-corrected chi connectivity index (χ2v) is 9.15. The molecule has 2 aliphatic rings. The molecular formula is C29H29N3O3. The number of amides is 3. The minimum absolute atomic E-state index is 0.0447. The number of fused-ring (bicyclic) bond motifs is 2. The van der Waals surface area contributed by atoms with Crippen molar-refractivity contribution in [2.45, 2.75) is 45.3 Å². The first-order chi connectivity index (χ1) is 17.0. The van der Waals surface area contributed by atoms with Crippen LogP contribution in [-0.4, -0.2) is 35.2 Å². The molecule has 3 aromatic rings. The largest absolute Gasteiger partial charge is 0.348 e. The maximum absolute atomic E-state index is 13.4. The van der Waals surface area contributed by atoms with Gasteiger partial charge in [-0.15, -0.1) is 0 Å². The number of para-hydroxylation sites is 1. The van der Waals surface area contributed by atoms with Crippen molar-refractivity contribution in [3.8, 4) is 0 Å². The van der Waals surface area contributed by atoms with E-state index in [1.165, 1.54) is 5.56 Å². The number of hydrogen-bond acceptors (Lipinski definition) is 3. The highest BCUT2D eigenvalue weighted by Crippen LogP contribution is 2.33. The van der Waals surface area contributed by atoms with Crippen LogP contribution < -0.4 is 10.2 Å². The summed E-state index contributed by atoms with van der Waals surface area (Å²) in [4.78, 5) is 42.6. The number of anilines is 1.